The van der Waals surface area contributed by atoms with Gasteiger partial charge in [0.2, 0.25) is 18.0 Å². The van der Waals surface area contributed by atoms with Gasteiger partial charge in [-0.25, -0.2) is 14.4 Å². The Morgan fingerprint density at radius 2 is 1.43 bits per heavy atom. The first-order valence-electron chi connectivity index (χ1n) is 18.8. The van der Waals surface area contributed by atoms with E-state index in [9.17, 15) is 14.4 Å². The Hall–Kier alpha value is -5.38. The summed E-state index contributed by atoms with van der Waals surface area (Å²) < 4.78 is 16.2. The van der Waals surface area contributed by atoms with E-state index in [0.29, 0.717) is 36.0 Å². The first-order chi connectivity index (χ1) is 27.9. The lowest BCUT2D eigenvalue weighted by Crippen LogP contribution is -2.48. The van der Waals surface area contributed by atoms with Crippen LogP contribution in [0.4, 0.5) is 4.79 Å². The minimum absolute atomic E-state index is 0.0280. The minimum Gasteiger partial charge on any atom is -0.464 e. The quantitative estimate of drug-likeness (QED) is 0.0367. The summed E-state index contributed by atoms with van der Waals surface area (Å²) in [5.74, 6) is -0.608. The van der Waals surface area contributed by atoms with Crippen LogP contribution in [0.1, 0.15) is 82.7 Å². The van der Waals surface area contributed by atoms with Gasteiger partial charge < -0.3 is 19.1 Å². The summed E-state index contributed by atoms with van der Waals surface area (Å²) in [6, 6.07) is 21.1. The molecule has 0 radical (unpaired) electrons. The third-order valence-corrected chi connectivity index (χ3v) is 8.76. The molecule has 19 nitrogen and oxygen atoms in total. The third-order valence-electron chi connectivity index (χ3n) is 8.76. The smallest absolute Gasteiger partial charge is 0.464 e. The highest BCUT2D eigenvalue weighted by Gasteiger charge is 2.33. The molecule has 0 bridgehead atoms. The van der Waals surface area contributed by atoms with E-state index in [4.69, 9.17) is 35.0 Å². The molecular formula is C39H51N7O12. The summed E-state index contributed by atoms with van der Waals surface area (Å²) in [5, 5.41) is 46.9. The zero-order valence-corrected chi connectivity index (χ0v) is 32.9. The van der Waals surface area contributed by atoms with Crippen LogP contribution in [0.2, 0.25) is 0 Å². The Kier molecular flexibility index (Phi) is 18.1. The molecule has 2 atom stereocenters. The van der Waals surface area contributed by atoms with Gasteiger partial charge in [0, 0.05) is 18.5 Å². The van der Waals surface area contributed by atoms with Gasteiger partial charge in [-0.3, -0.25) is 30.5 Å². The van der Waals surface area contributed by atoms with Crippen LogP contribution in [0.25, 0.3) is 22.5 Å². The number of benzene rings is 3. The second-order valence-corrected chi connectivity index (χ2v) is 13.6. The minimum atomic E-state index is -0.964. The van der Waals surface area contributed by atoms with Crippen LogP contribution in [0.5, 0.6) is 0 Å². The SMILES string of the molecule is CCCCC(=O)N(Cc1ccc(-c2ccccc2-c2nnn(C(C)OC(=O)OCc3cccc(CON(O)O)c3)n2)cc1)[C@H](C(=O)OCCCCON(O)O)C(C)C. The molecule has 0 aliphatic rings. The molecule has 1 unspecified atom stereocenters. The summed E-state index contributed by atoms with van der Waals surface area (Å²) >= 11 is 0. The van der Waals surface area contributed by atoms with E-state index in [2.05, 4.69) is 25.1 Å². The maximum Gasteiger partial charge on any atom is 0.510 e. The Balaban J connectivity index is 1.42. The molecule has 1 amide bonds. The van der Waals surface area contributed by atoms with E-state index in [0.717, 1.165) is 27.9 Å². The standard InChI is InChI=1S/C39H51N7O12/c1-5-6-16-35(47)43(36(27(2)3)38(48)54-21-9-10-22-56-45(50)51)24-29-17-19-32(20-18-29)33-14-7-8-15-34(33)37-40-42-44(41-37)28(4)58-39(49)55-25-30-12-11-13-31(23-30)26-57-46(52)53/h7-8,11-15,17-20,23,27-28,36,50-53H,5-6,9-10,16,21-22,24-26H2,1-4H3/t28?,36-/m0/s1. The van der Waals surface area contributed by atoms with E-state index in [1.165, 1.54) is 0 Å². The van der Waals surface area contributed by atoms with Crippen LogP contribution >= 0.6 is 0 Å². The molecule has 3 aromatic carbocycles. The molecule has 0 aliphatic carbocycles. The highest BCUT2D eigenvalue weighted by atomic mass is 17.1. The Bertz CT molecular complexity index is 1890. The zero-order chi connectivity index (χ0) is 42.0. The first kappa shape index (κ1) is 45.3. The fraction of sp³-hybridized carbons (Fsp3) is 0.436. The number of nitrogens with zero attached hydrogens (tertiary/aromatic N) is 7. The molecule has 58 heavy (non-hydrogen) atoms. The number of amides is 1. The molecule has 1 heterocycles. The maximum absolute atomic E-state index is 13.6. The van der Waals surface area contributed by atoms with E-state index in [1.54, 1.807) is 36.1 Å². The largest absolute Gasteiger partial charge is 0.510 e. The second-order valence-electron chi connectivity index (χ2n) is 13.6. The molecule has 314 valence electrons. The van der Waals surface area contributed by atoms with Crippen molar-refractivity contribution in [3.63, 3.8) is 0 Å². The first-order valence-corrected chi connectivity index (χ1v) is 18.8. The average molecular weight is 810 g/mol. The molecule has 4 N–H and O–H groups in total. The lowest BCUT2D eigenvalue weighted by atomic mass is 9.97. The number of aromatic nitrogens is 4. The highest BCUT2D eigenvalue weighted by Crippen LogP contribution is 2.31. The van der Waals surface area contributed by atoms with E-state index in [-0.39, 0.29) is 67.8 Å². The van der Waals surface area contributed by atoms with Crippen LogP contribution < -0.4 is 0 Å². The maximum atomic E-state index is 13.6. The van der Waals surface area contributed by atoms with Crippen molar-refractivity contribution in [2.75, 3.05) is 13.2 Å². The van der Waals surface area contributed by atoms with Gasteiger partial charge in [0.25, 0.3) is 0 Å². The third kappa shape index (κ3) is 14.2. The Labute approximate surface area is 335 Å². The number of carbonyl (C=O) groups excluding carboxylic acids is 3. The number of hydrogen-bond donors (Lipinski definition) is 4. The monoisotopic (exact) mass is 809 g/mol. The normalized spacial score (nSPS) is 12.5. The summed E-state index contributed by atoms with van der Waals surface area (Å²) in [6.07, 6.45) is 0.704. The van der Waals surface area contributed by atoms with Crippen LogP contribution in [0, 0.1) is 5.92 Å². The highest BCUT2D eigenvalue weighted by molar-refractivity contribution is 5.85. The number of ether oxygens (including phenoxy) is 3. The lowest BCUT2D eigenvalue weighted by Gasteiger charge is -2.33. The number of rotatable bonds is 23. The Morgan fingerprint density at radius 3 is 2.10 bits per heavy atom. The summed E-state index contributed by atoms with van der Waals surface area (Å²) in [6.45, 7) is 7.36. The molecule has 0 saturated heterocycles. The lowest BCUT2D eigenvalue weighted by molar-refractivity contribution is -0.497. The number of tetrazole rings is 1. The second kappa shape index (κ2) is 23.1. The van der Waals surface area contributed by atoms with E-state index < -0.39 is 24.4 Å². The van der Waals surface area contributed by atoms with Crippen LogP contribution in [-0.4, -0.2) is 94.0 Å². The summed E-state index contributed by atoms with van der Waals surface area (Å²) in [5.41, 5.74) is 4.34. The van der Waals surface area contributed by atoms with Crippen molar-refractivity contribution in [2.24, 2.45) is 5.92 Å². The van der Waals surface area contributed by atoms with Gasteiger partial charge in [0.1, 0.15) is 12.6 Å². The average Bonchev–Trinajstić information content (AvgIpc) is 3.70. The summed E-state index contributed by atoms with van der Waals surface area (Å²) in [7, 11) is 0. The Morgan fingerprint density at radius 1 is 0.759 bits per heavy atom. The molecule has 0 saturated carbocycles. The van der Waals surface area contributed by atoms with Crippen molar-refractivity contribution in [1.29, 1.82) is 0 Å². The predicted octanol–water partition coefficient (Wildman–Crippen LogP) is 6.27. The number of unbranched alkanes of at least 4 members (excludes halogenated alkanes) is 2. The van der Waals surface area contributed by atoms with Gasteiger partial charge in [-0.2, -0.15) is 0 Å². The van der Waals surface area contributed by atoms with Crippen LogP contribution in [0.15, 0.2) is 72.8 Å². The molecule has 0 fully saturated rings. The molecule has 4 rings (SSSR count). The number of carbonyl (C=O) groups is 3. The molecular weight excluding hydrogens is 758 g/mol. The van der Waals surface area contributed by atoms with Crippen LogP contribution in [-0.2, 0) is 53.2 Å². The van der Waals surface area contributed by atoms with Crippen molar-refractivity contribution in [1.82, 2.24) is 35.9 Å². The van der Waals surface area contributed by atoms with Crippen molar-refractivity contribution in [2.45, 2.75) is 91.8 Å². The van der Waals surface area contributed by atoms with Gasteiger partial charge in [-0.05, 0) is 65.1 Å². The van der Waals surface area contributed by atoms with Gasteiger partial charge in [-0.15, -0.1) is 15.0 Å². The summed E-state index contributed by atoms with van der Waals surface area (Å²) in [4.78, 5) is 51.3. The van der Waals surface area contributed by atoms with Crippen molar-refractivity contribution in [3.05, 3.63) is 89.5 Å². The molecule has 19 heteroatoms. The van der Waals surface area contributed by atoms with Gasteiger partial charge in [-0.1, -0.05) is 100.0 Å². The van der Waals surface area contributed by atoms with Crippen molar-refractivity contribution >= 4 is 18.0 Å². The van der Waals surface area contributed by atoms with Crippen LogP contribution in [0.3, 0.4) is 0 Å². The van der Waals surface area contributed by atoms with E-state index >= 15 is 0 Å². The number of esters is 1. The topological polar surface area (TPSA) is 232 Å². The van der Waals surface area contributed by atoms with Gasteiger partial charge in [0.05, 0.1) is 30.6 Å². The zero-order valence-electron chi connectivity index (χ0n) is 32.9. The molecule has 0 spiro atoms. The molecule has 4 aromatic rings. The van der Waals surface area contributed by atoms with Crippen molar-refractivity contribution < 1.29 is 59.1 Å². The van der Waals surface area contributed by atoms with Gasteiger partial charge in [0.15, 0.2) is 0 Å². The number of hydrogen-bond acceptors (Lipinski definition) is 17. The van der Waals surface area contributed by atoms with E-state index in [1.807, 2.05) is 69.3 Å². The van der Waals surface area contributed by atoms with Crippen molar-refractivity contribution in [3.8, 4) is 22.5 Å². The predicted molar refractivity (Wildman–Crippen MR) is 202 cm³/mol. The van der Waals surface area contributed by atoms with Gasteiger partial charge >= 0.3 is 12.1 Å². The fourth-order valence-electron chi connectivity index (χ4n) is 5.89. The molecule has 0 aliphatic heterocycles. The molecule has 1 aromatic heterocycles. The fourth-order valence-corrected chi connectivity index (χ4v) is 5.89.